The summed E-state index contributed by atoms with van der Waals surface area (Å²) in [6, 6.07) is 6.79. The van der Waals surface area contributed by atoms with E-state index in [-0.39, 0.29) is 30.9 Å². The van der Waals surface area contributed by atoms with E-state index in [0.29, 0.717) is 11.4 Å². The molecule has 1 amide bonds. The van der Waals surface area contributed by atoms with Crippen molar-refractivity contribution in [3.05, 3.63) is 46.0 Å². The summed E-state index contributed by atoms with van der Waals surface area (Å²) in [6.07, 6.45) is 0. The predicted molar refractivity (Wildman–Crippen MR) is 84.7 cm³/mol. The van der Waals surface area contributed by atoms with Gasteiger partial charge < -0.3 is 14.6 Å². The van der Waals surface area contributed by atoms with Gasteiger partial charge in [0.05, 0.1) is 0 Å². The van der Waals surface area contributed by atoms with Gasteiger partial charge in [-0.1, -0.05) is 34.9 Å². The highest BCUT2D eigenvalue weighted by molar-refractivity contribution is 9.10. The molecule has 1 heterocycles. The first-order chi connectivity index (χ1) is 11.0. The third-order valence-corrected chi connectivity index (χ3v) is 3.39. The van der Waals surface area contributed by atoms with E-state index >= 15 is 0 Å². The first-order valence-corrected chi connectivity index (χ1v) is 7.77. The topological polar surface area (TPSA) is 94.3 Å². The zero-order valence-corrected chi connectivity index (χ0v) is 14.3. The summed E-state index contributed by atoms with van der Waals surface area (Å²) in [5.41, 5.74) is 0.458. The second kappa shape index (κ2) is 7.87. The van der Waals surface area contributed by atoms with Crippen LogP contribution in [-0.4, -0.2) is 28.6 Å². The van der Waals surface area contributed by atoms with Crippen LogP contribution < -0.4 is 5.32 Å². The van der Waals surface area contributed by atoms with Crippen molar-refractivity contribution in [1.82, 2.24) is 15.5 Å². The molecule has 0 saturated heterocycles. The maximum Gasteiger partial charge on any atom is 0.325 e. The van der Waals surface area contributed by atoms with E-state index in [1.54, 1.807) is 24.3 Å². The summed E-state index contributed by atoms with van der Waals surface area (Å²) < 4.78 is 10.8. The van der Waals surface area contributed by atoms with Crippen molar-refractivity contribution in [2.45, 2.75) is 26.4 Å². The van der Waals surface area contributed by atoms with Crippen LogP contribution in [0.2, 0.25) is 0 Å². The van der Waals surface area contributed by atoms with E-state index in [1.165, 1.54) is 0 Å². The van der Waals surface area contributed by atoms with E-state index in [9.17, 15) is 9.59 Å². The molecule has 0 aliphatic heterocycles. The Kier molecular flexibility index (Phi) is 5.86. The molecular weight excluding hydrogens is 366 g/mol. The second-order valence-electron chi connectivity index (χ2n) is 5.05. The monoisotopic (exact) mass is 381 g/mol. The number of aromatic nitrogens is 2. The molecule has 2 aromatic rings. The van der Waals surface area contributed by atoms with Crippen molar-refractivity contribution in [3.8, 4) is 0 Å². The largest absolute Gasteiger partial charge is 0.454 e. The standard InChI is InChI=1S/C15H16BrN3O4/c1-9(2)14-18-12(23-19-14)8-22-13(20)7-17-15(21)10-3-5-11(16)6-4-10/h3-6,9H,7-8H2,1-2H3,(H,17,21). The third-order valence-electron chi connectivity index (χ3n) is 2.86. The maximum absolute atomic E-state index is 11.8. The average Bonchev–Trinajstić information content (AvgIpc) is 3.00. The molecule has 1 N–H and O–H groups in total. The Morgan fingerprint density at radius 2 is 2.00 bits per heavy atom. The zero-order valence-electron chi connectivity index (χ0n) is 12.7. The molecule has 2 rings (SSSR count). The first kappa shape index (κ1) is 17.1. The molecule has 0 aliphatic carbocycles. The van der Waals surface area contributed by atoms with Crippen LogP contribution in [-0.2, 0) is 16.1 Å². The number of nitrogens with zero attached hydrogens (tertiary/aromatic N) is 2. The minimum atomic E-state index is -0.584. The second-order valence-corrected chi connectivity index (χ2v) is 5.97. The molecule has 0 atom stereocenters. The van der Waals surface area contributed by atoms with Crippen molar-refractivity contribution in [2.75, 3.05) is 6.54 Å². The number of amides is 1. The lowest BCUT2D eigenvalue weighted by Crippen LogP contribution is -2.30. The molecule has 0 aliphatic rings. The Balaban J connectivity index is 1.76. The van der Waals surface area contributed by atoms with Gasteiger partial charge in [0.2, 0.25) is 0 Å². The van der Waals surface area contributed by atoms with Gasteiger partial charge in [-0.15, -0.1) is 0 Å². The fourth-order valence-corrected chi connectivity index (χ4v) is 1.87. The van der Waals surface area contributed by atoms with Crippen LogP contribution in [0, 0.1) is 0 Å². The molecule has 0 saturated carbocycles. The number of esters is 1. The minimum absolute atomic E-state index is 0.118. The third kappa shape index (κ3) is 5.17. The Labute approximate surface area is 141 Å². The normalized spacial score (nSPS) is 10.6. The number of rotatable bonds is 6. The molecule has 1 aromatic heterocycles. The van der Waals surface area contributed by atoms with Crippen LogP contribution in [0.4, 0.5) is 0 Å². The van der Waals surface area contributed by atoms with Gasteiger partial charge in [0.1, 0.15) is 6.54 Å². The lowest BCUT2D eigenvalue weighted by Gasteiger charge is -2.05. The smallest absolute Gasteiger partial charge is 0.325 e. The Morgan fingerprint density at radius 1 is 1.30 bits per heavy atom. The van der Waals surface area contributed by atoms with Gasteiger partial charge in [-0.05, 0) is 24.3 Å². The Bertz CT molecular complexity index is 682. The molecule has 0 unspecified atom stereocenters. The summed E-state index contributed by atoms with van der Waals surface area (Å²) in [6.45, 7) is 3.50. The minimum Gasteiger partial charge on any atom is -0.454 e. The number of hydrogen-bond acceptors (Lipinski definition) is 6. The van der Waals surface area contributed by atoms with Crippen LogP contribution in [0.5, 0.6) is 0 Å². The molecule has 0 bridgehead atoms. The zero-order chi connectivity index (χ0) is 16.8. The fourth-order valence-electron chi connectivity index (χ4n) is 1.61. The fraction of sp³-hybridized carbons (Fsp3) is 0.333. The molecule has 7 nitrogen and oxygen atoms in total. The maximum atomic E-state index is 11.8. The predicted octanol–water partition coefficient (Wildman–Crippen LogP) is 2.43. The average molecular weight is 382 g/mol. The van der Waals surface area contributed by atoms with E-state index in [2.05, 4.69) is 31.4 Å². The van der Waals surface area contributed by atoms with E-state index in [0.717, 1.165) is 4.47 Å². The first-order valence-electron chi connectivity index (χ1n) is 6.97. The van der Waals surface area contributed by atoms with Crippen molar-refractivity contribution in [1.29, 1.82) is 0 Å². The number of carbonyl (C=O) groups is 2. The van der Waals surface area contributed by atoms with Gasteiger partial charge in [-0.2, -0.15) is 4.98 Å². The summed E-state index contributed by atoms with van der Waals surface area (Å²) in [5, 5.41) is 6.25. The lowest BCUT2D eigenvalue weighted by atomic mass is 10.2. The highest BCUT2D eigenvalue weighted by atomic mass is 79.9. The van der Waals surface area contributed by atoms with Crippen molar-refractivity contribution < 1.29 is 18.8 Å². The van der Waals surface area contributed by atoms with Crippen LogP contribution in [0.15, 0.2) is 33.3 Å². The number of benzene rings is 1. The number of carbonyl (C=O) groups excluding carboxylic acids is 2. The van der Waals surface area contributed by atoms with Crippen LogP contribution in [0.25, 0.3) is 0 Å². The molecule has 0 fully saturated rings. The van der Waals surface area contributed by atoms with E-state index < -0.39 is 5.97 Å². The van der Waals surface area contributed by atoms with E-state index in [1.807, 2.05) is 13.8 Å². The van der Waals surface area contributed by atoms with Crippen molar-refractivity contribution >= 4 is 27.8 Å². The molecular formula is C15H16BrN3O4. The van der Waals surface area contributed by atoms with Gasteiger partial charge in [0.25, 0.3) is 11.8 Å². The highest BCUT2D eigenvalue weighted by Crippen LogP contribution is 2.11. The summed E-state index contributed by atoms with van der Waals surface area (Å²) in [5.74, 6) is -0.0247. The quantitative estimate of drug-likeness (QED) is 0.772. The molecule has 8 heteroatoms. The van der Waals surface area contributed by atoms with Crippen LogP contribution in [0.3, 0.4) is 0 Å². The number of nitrogens with one attached hydrogen (secondary N) is 1. The highest BCUT2D eigenvalue weighted by Gasteiger charge is 2.13. The lowest BCUT2D eigenvalue weighted by molar-refractivity contribution is -0.144. The molecule has 1 aromatic carbocycles. The number of ether oxygens (including phenoxy) is 1. The van der Waals surface area contributed by atoms with Gasteiger partial charge >= 0.3 is 5.97 Å². The van der Waals surface area contributed by atoms with Gasteiger partial charge in [0.15, 0.2) is 12.4 Å². The molecule has 23 heavy (non-hydrogen) atoms. The summed E-state index contributed by atoms with van der Waals surface area (Å²) in [7, 11) is 0. The van der Waals surface area contributed by atoms with E-state index in [4.69, 9.17) is 9.26 Å². The van der Waals surface area contributed by atoms with Crippen LogP contribution in [0.1, 0.15) is 41.8 Å². The van der Waals surface area contributed by atoms with Gasteiger partial charge in [-0.25, -0.2) is 0 Å². The number of hydrogen-bond donors (Lipinski definition) is 1. The van der Waals surface area contributed by atoms with Gasteiger partial charge in [0, 0.05) is 16.0 Å². The Morgan fingerprint density at radius 3 is 2.61 bits per heavy atom. The van der Waals surface area contributed by atoms with Crippen LogP contribution >= 0.6 is 15.9 Å². The molecule has 122 valence electrons. The molecule has 0 spiro atoms. The van der Waals surface area contributed by atoms with Crippen molar-refractivity contribution in [3.63, 3.8) is 0 Å². The SMILES string of the molecule is CC(C)c1noc(COC(=O)CNC(=O)c2ccc(Br)cc2)n1. The Hall–Kier alpha value is -2.22. The van der Waals surface area contributed by atoms with Crippen molar-refractivity contribution in [2.24, 2.45) is 0 Å². The van der Waals surface area contributed by atoms with Gasteiger partial charge in [-0.3, -0.25) is 9.59 Å². The number of halogens is 1. The summed E-state index contributed by atoms with van der Waals surface area (Å²) in [4.78, 5) is 27.5. The summed E-state index contributed by atoms with van der Waals surface area (Å²) >= 11 is 3.28. The molecule has 0 radical (unpaired) electrons.